The van der Waals surface area contributed by atoms with E-state index < -0.39 is 0 Å². The van der Waals surface area contributed by atoms with Gasteiger partial charge in [0.1, 0.15) is 6.33 Å². The van der Waals surface area contributed by atoms with Gasteiger partial charge in [0, 0.05) is 18.3 Å². The zero-order valence-electron chi connectivity index (χ0n) is 11.3. The third kappa shape index (κ3) is 5.24. The fourth-order valence-electron chi connectivity index (χ4n) is 1.62. The average molecular weight is 323 g/mol. The minimum absolute atomic E-state index is 0.0417. The molecule has 0 fully saturated rings. The third-order valence-electron chi connectivity index (χ3n) is 2.63. The highest BCUT2D eigenvalue weighted by Gasteiger charge is 2.04. The van der Waals surface area contributed by atoms with Crippen LogP contribution < -0.4 is 11.1 Å². The molecular formula is C14H15ClN4OS. The summed E-state index contributed by atoms with van der Waals surface area (Å²) in [4.78, 5) is 19.8. The van der Waals surface area contributed by atoms with Crippen molar-refractivity contribution in [3.05, 3.63) is 41.8 Å². The van der Waals surface area contributed by atoms with E-state index in [4.69, 9.17) is 17.3 Å². The monoisotopic (exact) mass is 322 g/mol. The first-order valence-corrected chi connectivity index (χ1v) is 7.75. The van der Waals surface area contributed by atoms with E-state index in [1.165, 1.54) is 6.33 Å². The molecule has 110 valence electrons. The van der Waals surface area contributed by atoms with Crippen LogP contribution in [0.15, 0.2) is 41.8 Å². The molecule has 2 rings (SSSR count). The van der Waals surface area contributed by atoms with E-state index in [-0.39, 0.29) is 5.91 Å². The lowest BCUT2D eigenvalue weighted by Crippen LogP contribution is -2.11. The van der Waals surface area contributed by atoms with Gasteiger partial charge >= 0.3 is 0 Å². The number of carbonyl (C=O) groups is 1. The quantitative estimate of drug-likeness (QED) is 0.369. The largest absolute Gasteiger partial charge is 0.397 e. The molecule has 0 saturated carbocycles. The van der Waals surface area contributed by atoms with E-state index in [9.17, 15) is 4.79 Å². The summed E-state index contributed by atoms with van der Waals surface area (Å²) in [7, 11) is 0. The normalized spacial score (nSPS) is 10.3. The summed E-state index contributed by atoms with van der Waals surface area (Å²) in [5.74, 6) is 0.785. The Morgan fingerprint density at radius 1 is 1.38 bits per heavy atom. The van der Waals surface area contributed by atoms with E-state index in [2.05, 4.69) is 15.3 Å². The number of aromatic nitrogens is 2. The van der Waals surface area contributed by atoms with Crippen LogP contribution in [-0.2, 0) is 4.79 Å². The first-order valence-electron chi connectivity index (χ1n) is 6.39. The molecule has 0 aliphatic heterocycles. The van der Waals surface area contributed by atoms with Gasteiger partial charge in [0.05, 0.1) is 15.7 Å². The molecule has 5 nitrogen and oxygen atoms in total. The topological polar surface area (TPSA) is 80.9 Å². The molecule has 7 heteroatoms. The van der Waals surface area contributed by atoms with Crippen molar-refractivity contribution in [2.24, 2.45) is 0 Å². The summed E-state index contributed by atoms with van der Waals surface area (Å²) in [5, 5.41) is 4.19. The van der Waals surface area contributed by atoms with Gasteiger partial charge in [0.25, 0.3) is 0 Å². The van der Waals surface area contributed by atoms with Crippen LogP contribution in [-0.4, -0.2) is 21.6 Å². The first kappa shape index (κ1) is 15.6. The number of anilines is 2. The number of rotatable bonds is 6. The second kappa shape index (κ2) is 7.85. The smallest absolute Gasteiger partial charge is 0.224 e. The zero-order chi connectivity index (χ0) is 15.1. The van der Waals surface area contributed by atoms with E-state index in [1.54, 1.807) is 36.2 Å². The molecule has 1 aromatic heterocycles. The molecule has 0 bridgehead atoms. The zero-order valence-corrected chi connectivity index (χ0v) is 12.8. The van der Waals surface area contributed by atoms with Gasteiger partial charge < -0.3 is 11.1 Å². The molecule has 0 radical (unpaired) electrons. The number of thioether (sulfide) groups is 1. The van der Waals surface area contributed by atoms with Crippen molar-refractivity contribution < 1.29 is 4.79 Å². The lowest BCUT2D eigenvalue weighted by molar-refractivity contribution is -0.116. The van der Waals surface area contributed by atoms with Crippen LogP contribution in [0.2, 0.25) is 5.02 Å². The molecule has 0 aliphatic rings. The van der Waals surface area contributed by atoms with Crippen molar-refractivity contribution in [3.8, 4) is 0 Å². The van der Waals surface area contributed by atoms with E-state index in [0.29, 0.717) is 22.8 Å². The lowest BCUT2D eigenvalue weighted by atomic mass is 10.2. The van der Waals surface area contributed by atoms with Crippen molar-refractivity contribution in [2.75, 3.05) is 16.8 Å². The third-order valence-corrected chi connectivity index (χ3v) is 4.01. The molecule has 1 heterocycles. The van der Waals surface area contributed by atoms with E-state index in [0.717, 1.165) is 17.2 Å². The summed E-state index contributed by atoms with van der Waals surface area (Å²) in [6.45, 7) is 0. The van der Waals surface area contributed by atoms with Crippen molar-refractivity contribution in [1.29, 1.82) is 0 Å². The van der Waals surface area contributed by atoms with Crippen LogP contribution in [0.4, 0.5) is 11.4 Å². The Morgan fingerprint density at radius 3 is 2.95 bits per heavy atom. The molecule has 0 saturated heterocycles. The Labute approximate surface area is 132 Å². The first-order chi connectivity index (χ1) is 10.1. The summed E-state index contributed by atoms with van der Waals surface area (Å²) in [6.07, 6.45) is 4.43. The Hall–Kier alpha value is -1.79. The predicted octanol–water partition coefficient (Wildman–Crippen LogP) is 3.22. The van der Waals surface area contributed by atoms with Gasteiger partial charge in [-0.2, -0.15) is 0 Å². The number of benzene rings is 1. The minimum atomic E-state index is -0.0417. The van der Waals surface area contributed by atoms with Crippen LogP contribution in [0.1, 0.15) is 12.8 Å². The van der Waals surface area contributed by atoms with Crippen LogP contribution >= 0.6 is 23.4 Å². The summed E-state index contributed by atoms with van der Waals surface area (Å²) in [5.41, 5.74) is 6.79. The summed E-state index contributed by atoms with van der Waals surface area (Å²) < 4.78 is 0. The SMILES string of the molecule is Nc1cc(NC(=O)CCCSc2ccncn2)ccc1Cl. The maximum Gasteiger partial charge on any atom is 0.224 e. The predicted molar refractivity (Wildman–Crippen MR) is 86.5 cm³/mol. The summed E-state index contributed by atoms with van der Waals surface area (Å²) in [6, 6.07) is 6.89. The van der Waals surface area contributed by atoms with Crippen molar-refractivity contribution in [3.63, 3.8) is 0 Å². The van der Waals surface area contributed by atoms with E-state index in [1.807, 2.05) is 6.07 Å². The minimum Gasteiger partial charge on any atom is -0.397 e. The molecule has 2 aromatic rings. The summed E-state index contributed by atoms with van der Waals surface area (Å²) >= 11 is 7.43. The molecule has 1 aromatic carbocycles. The number of nitrogens with one attached hydrogen (secondary N) is 1. The number of nitrogens with two attached hydrogens (primary N) is 1. The molecule has 1 amide bonds. The standard InChI is InChI=1S/C14H15ClN4OS/c15-11-4-3-10(8-12(11)16)19-13(20)2-1-7-21-14-5-6-17-9-18-14/h3-6,8-9H,1-2,7,16H2,(H,19,20). The molecule has 3 N–H and O–H groups in total. The van der Waals surface area contributed by atoms with Gasteiger partial charge in [0.15, 0.2) is 0 Å². The fourth-order valence-corrected chi connectivity index (χ4v) is 2.51. The number of hydrogen-bond acceptors (Lipinski definition) is 5. The van der Waals surface area contributed by atoms with Gasteiger partial charge in [-0.15, -0.1) is 11.8 Å². The maximum absolute atomic E-state index is 11.8. The maximum atomic E-state index is 11.8. The Bertz CT molecular complexity index is 609. The van der Waals surface area contributed by atoms with Gasteiger partial charge in [0.2, 0.25) is 5.91 Å². The number of carbonyl (C=O) groups excluding carboxylic acids is 1. The highest BCUT2D eigenvalue weighted by atomic mass is 35.5. The molecule has 0 unspecified atom stereocenters. The highest BCUT2D eigenvalue weighted by Crippen LogP contribution is 2.22. The van der Waals surface area contributed by atoms with Gasteiger partial charge in [-0.3, -0.25) is 4.79 Å². The van der Waals surface area contributed by atoms with Crippen LogP contribution in [0.25, 0.3) is 0 Å². The number of halogens is 1. The number of nitrogen functional groups attached to an aromatic ring is 1. The number of nitrogens with zero attached hydrogens (tertiary/aromatic N) is 2. The van der Waals surface area contributed by atoms with Crippen LogP contribution in [0.5, 0.6) is 0 Å². The highest BCUT2D eigenvalue weighted by molar-refractivity contribution is 7.99. The van der Waals surface area contributed by atoms with Crippen LogP contribution in [0, 0.1) is 0 Å². The average Bonchev–Trinajstić information content (AvgIpc) is 2.49. The Balaban J connectivity index is 1.71. The molecule has 21 heavy (non-hydrogen) atoms. The van der Waals surface area contributed by atoms with Gasteiger partial charge in [-0.05, 0) is 36.4 Å². The Morgan fingerprint density at radius 2 is 2.24 bits per heavy atom. The molecule has 0 aliphatic carbocycles. The van der Waals surface area contributed by atoms with Crippen molar-refractivity contribution in [1.82, 2.24) is 9.97 Å². The van der Waals surface area contributed by atoms with Gasteiger partial charge in [-0.1, -0.05) is 11.6 Å². The fraction of sp³-hybridized carbons (Fsp3) is 0.214. The van der Waals surface area contributed by atoms with Gasteiger partial charge in [-0.25, -0.2) is 9.97 Å². The van der Waals surface area contributed by atoms with Crippen LogP contribution in [0.3, 0.4) is 0 Å². The van der Waals surface area contributed by atoms with Crippen molar-refractivity contribution >= 4 is 40.6 Å². The second-order valence-corrected chi connectivity index (χ2v) is 5.81. The molecule has 0 spiro atoms. The second-order valence-electron chi connectivity index (χ2n) is 4.28. The van der Waals surface area contributed by atoms with E-state index >= 15 is 0 Å². The van der Waals surface area contributed by atoms with Crippen molar-refractivity contribution in [2.45, 2.75) is 17.9 Å². The Kier molecular flexibility index (Phi) is 5.83. The lowest BCUT2D eigenvalue weighted by Gasteiger charge is -2.06. The molecular weight excluding hydrogens is 308 g/mol. The number of hydrogen-bond donors (Lipinski definition) is 2. The molecule has 0 atom stereocenters. The number of amides is 1.